The van der Waals surface area contributed by atoms with Gasteiger partial charge in [0.05, 0.1) is 24.0 Å². The number of non-ortho nitro benzene ring substituents is 1. The zero-order valence-electron chi connectivity index (χ0n) is 21.2. The predicted octanol–water partition coefficient (Wildman–Crippen LogP) is 4.14. The summed E-state index contributed by atoms with van der Waals surface area (Å²) in [5, 5.41) is 14.6. The molecule has 2 atom stereocenters. The first-order valence-corrected chi connectivity index (χ1v) is 12.7. The van der Waals surface area contributed by atoms with Crippen LogP contribution in [0.3, 0.4) is 0 Å². The Bertz CT molecular complexity index is 1280. The molecule has 3 aromatic carbocycles. The number of piperazine rings is 1. The molecule has 0 bridgehead atoms. The highest BCUT2D eigenvalue weighted by Gasteiger charge is 2.42. The Balaban J connectivity index is 1.35. The third-order valence-corrected chi connectivity index (χ3v) is 7.51. The van der Waals surface area contributed by atoms with Crippen molar-refractivity contribution in [3.8, 4) is 5.75 Å². The molecule has 2 aliphatic heterocycles. The van der Waals surface area contributed by atoms with Gasteiger partial charge in [-0.2, -0.15) is 0 Å². The molecule has 0 aliphatic carbocycles. The van der Waals surface area contributed by atoms with E-state index in [1.807, 2.05) is 30.3 Å². The van der Waals surface area contributed by atoms with E-state index in [2.05, 4.69) is 46.3 Å². The number of carbonyl (C=O) groups excluding carboxylic acids is 1. The first kappa shape index (κ1) is 24.6. The van der Waals surface area contributed by atoms with Gasteiger partial charge in [0.15, 0.2) is 0 Å². The van der Waals surface area contributed by atoms with Gasteiger partial charge in [-0.15, -0.1) is 0 Å². The summed E-state index contributed by atoms with van der Waals surface area (Å²) in [6.07, 6.45) is 1.20. The Morgan fingerprint density at radius 2 is 1.84 bits per heavy atom. The van der Waals surface area contributed by atoms with Gasteiger partial charge in [-0.25, -0.2) is 0 Å². The van der Waals surface area contributed by atoms with E-state index >= 15 is 0 Å². The fourth-order valence-electron chi connectivity index (χ4n) is 5.47. The van der Waals surface area contributed by atoms with Crippen LogP contribution in [0.2, 0.25) is 0 Å². The van der Waals surface area contributed by atoms with Crippen molar-refractivity contribution in [1.29, 1.82) is 0 Å². The van der Waals surface area contributed by atoms with E-state index in [1.165, 1.54) is 5.56 Å². The summed E-state index contributed by atoms with van der Waals surface area (Å²) >= 11 is 0. The molecule has 5 rings (SSSR count). The van der Waals surface area contributed by atoms with E-state index in [4.69, 9.17) is 4.74 Å². The number of benzene rings is 3. The van der Waals surface area contributed by atoms with Crippen LogP contribution in [0.5, 0.6) is 5.75 Å². The number of hydrogen-bond acceptors (Lipinski definition) is 6. The second-order valence-corrected chi connectivity index (χ2v) is 9.81. The maximum absolute atomic E-state index is 13.5. The van der Waals surface area contributed by atoms with Crippen LogP contribution in [0.25, 0.3) is 0 Å². The maximum atomic E-state index is 13.5. The van der Waals surface area contributed by atoms with Crippen LogP contribution >= 0.6 is 0 Å². The lowest BCUT2D eigenvalue weighted by molar-refractivity contribution is -0.384. The smallest absolute Gasteiger partial charge is 0.269 e. The lowest BCUT2D eigenvalue weighted by Gasteiger charge is -2.49. The summed E-state index contributed by atoms with van der Waals surface area (Å²) in [6.45, 7) is 4.89. The van der Waals surface area contributed by atoms with E-state index < -0.39 is 0 Å². The van der Waals surface area contributed by atoms with Crippen LogP contribution in [-0.2, 0) is 17.6 Å². The number of amides is 1. The summed E-state index contributed by atoms with van der Waals surface area (Å²) in [7, 11) is 1.64. The first-order chi connectivity index (χ1) is 17.9. The molecule has 2 aliphatic rings. The van der Waals surface area contributed by atoms with E-state index in [9.17, 15) is 14.9 Å². The van der Waals surface area contributed by atoms with Crippen molar-refractivity contribution in [3.05, 3.63) is 93.5 Å². The highest BCUT2D eigenvalue weighted by molar-refractivity contribution is 5.82. The van der Waals surface area contributed by atoms with E-state index in [0.29, 0.717) is 19.4 Å². The van der Waals surface area contributed by atoms with Crippen molar-refractivity contribution in [2.45, 2.75) is 25.8 Å². The molecule has 8 heteroatoms. The van der Waals surface area contributed by atoms with Gasteiger partial charge in [-0.05, 0) is 61.2 Å². The van der Waals surface area contributed by atoms with Crippen molar-refractivity contribution >= 4 is 23.0 Å². The summed E-state index contributed by atoms with van der Waals surface area (Å²) in [4.78, 5) is 29.2. The number of rotatable bonds is 7. The average Bonchev–Trinajstić information content (AvgIpc) is 2.92. The van der Waals surface area contributed by atoms with Gasteiger partial charge in [0.1, 0.15) is 5.75 Å². The number of anilines is 2. The molecular weight excluding hydrogens is 468 g/mol. The summed E-state index contributed by atoms with van der Waals surface area (Å²) in [5.41, 5.74) is 5.42. The molecule has 2 heterocycles. The number of nitrogens with one attached hydrogen (secondary N) is 1. The molecule has 8 nitrogen and oxygen atoms in total. The third kappa shape index (κ3) is 5.23. The number of hydrogen-bond donors (Lipinski definition) is 1. The van der Waals surface area contributed by atoms with Crippen molar-refractivity contribution in [1.82, 2.24) is 5.32 Å². The lowest BCUT2D eigenvalue weighted by Crippen LogP contribution is -2.61. The molecule has 192 valence electrons. The van der Waals surface area contributed by atoms with Gasteiger partial charge in [-0.1, -0.05) is 29.8 Å². The minimum atomic E-state index is -0.369. The molecule has 3 aromatic rings. The van der Waals surface area contributed by atoms with Crippen LogP contribution in [-0.4, -0.2) is 50.2 Å². The Labute approximate surface area is 217 Å². The molecule has 0 saturated carbocycles. The minimum Gasteiger partial charge on any atom is -0.497 e. The quantitative estimate of drug-likeness (QED) is 0.388. The molecule has 2 unspecified atom stereocenters. The number of methoxy groups -OCH3 is 1. The minimum absolute atomic E-state index is 0.00794. The fourth-order valence-corrected chi connectivity index (χ4v) is 5.47. The number of nitrogens with zero attached hydrogens (tertiary/aromatic N) is 3. The fraction of sp³-hybridized carbons (Fsp3) is 0.345. The van der Waals surface area contributed by atoms with Crippen molar-refractivity contribution in [2.75, 3.05) is 43.1 Å². The molecule has 37 heavy (non-hydrogen) atoms. The van der Waals surface area contributed by atoms with Crippen LogP contribution in [0.15, 0.2) is 66.7 Å². The van der Waals surface area contributed by atoms with Crippen molar-refractivity contribution < 1.29 is 14.5 Å². The van der Waals surface area contributed by atoms with E-state index in [-0.39, 0.29) is 28.5 Å². The molecule has 0 radical (unpaired) electrons. The molecule has 1 N–H and O–H groups in total. The third-order valence-electron chi connectivity index (χ3n) is 7.51. The molecule has 1 fully saturated rings. The van der Waals surface area contributed by atoms with Gasteiger partial charge in [0, 0.05) is 49.7 Å². The molecule has 1 saturated heterocycles. The molecular formula is C29H32N4O4. The molecule has 1 amide bonds. The molecule has 0 spiro atoms. The highest BCUT2D eigenvalue weighted by atomic mass is 16.6. The number of ether oxygens (including phenoxy) is 1. The van der Waals surface area contributed by atoms with Gasteiger partial charge >= 0.3 is 0 Å². The SMILES string of the molecule is COc1ccc(CCNC(=O)C2Cc3cc([N+](=O)[O-])ccc3N3CCN(c4ccc(C)cc4)CC23)cc1. The number of aryl methyl sites for hydroxylation is 1. The van der Waals surface area contributed by atoms with Crippen LogP contribution < -0.4 is 19.9 Å². The van der Waals surface area contributed by atoms with E-state index in [1.54, 1.807) is 19.2 Å². The van der Waals surface area contributed by atoms with Crippen molar-refractivity contribution in [3.63, 3.8) is 0 Å². The van der Waals surface area contributed by atoms with Crippen LogP contribution in [0.4, 0.5) is 17.1 Å². The van der Waals surface area contributed by atoms with Gasteiger partial charge in [0.25, 0.3) is 5.69 Å². The predicted molar refractivity (Wildman–Crippen MR) is 145 cm³/mol. The Morgan fingerprint density at radius 3 is 2.54 bits per heavy atom. The largest absolute Gasteiger partial charge is 0.497 e. The number of fused-ring (bicyclic) bond motifs is 3. The normalized spacial score (nSPS) is 18.5. The number of nitro benzene ring substituents is 1. The maximum Gasteiger partial charge on any atom is 0.269 e. The Hall–Kier alpha value is -4.07. The number of nitro groups is 1. The highest BCUT2D eigenvalue weighted by Crippen LogP contribution is 2.38. The summed E-state index contributed by atoms with van der Waals surface area (Å²) in [6, 6.07) is 21.4. The van der Waals surface area contributed by atoms with Crippen LogP contribution in [0, 0.1) is 23.0 Å². The Kier molecular flexibility index (Phi) is 6.99. The lowest BCUT2D eigenvalue weighted by atomic mass is 9.83. The van der Waals surface area contributed by atoms with E-state index in [0.717, 1.165) is 47.9 Å². The molecule has 0 aromatic heterocycles. The van der Waals surface area contributed by atoms with Crippen molar-refractivity contribution in [2.24, 2.45) is 5.92 Å². The first-order valence-electron chi connectivity index (χ1n) is 12.7. The second kappa shape index (κ2) is 10.5. The zero-order valence-corrected chi connectivity index (χ0v) is 21.2. The standard InChI is InChI=1S/C29H32N4O4/c1-20-3-7-23(8-4-20)31-15-16-32-27-12-9-24(33(35)36)17-22(27)18-26(28(32)19-31)29(34)30-14-13-21-5-10-25(37-2)11-6-21/h3-12,17,26,28H,13-16,18-19H2,1-2H3,(H,30,34). The summed E-state index contributed by atoms with van der Waals surface area (Å²) in [5.74, 6) is 0.489. The summed E-state index contributed by atoms with van der Waals surface area (Å²) < 4.78 is 5.22. The zero-order chi connectivity index (χ0) is 25.9. The monoisotopic (exact) mass is 500 g/mol. The number of carbonyl (C=O) groups is 1. The Morgan fingerprint density at radius 1 is 1.08 bits per heavy atom. The van der Waals surface area contributed by atoms with Gasteiger partial charge in [-0.3, -0.25) is 14.9 Å². The average molecular weight is 501 g/mol. The van der Waals surface area contributed by atoms with Gasteiger partial charge in [0.2, 0.25) is 5.91 Å². The van der Waals surface area contributed by atoms with Crippen LogP contribution in [0.1, 0.15) is 16.7 Å². The topological polar surface area (TPSA) is 87.9 Å². The second-order valence-electron chi connectivity index (χ2n) is 9.81. The van der Waals surface area contributed by atoms with Gasteiger partial charge < -0.3 is 19.9 Å².